The molecule has 1 atom stereocenters. The molecule has 0 aromatic carbocycles. The lowest BCUT2D eigenvalue weighted by Gasteiger charge is -2.38. The van der Waals surface area contributed by atoms with Crippen LogP contribution in [-0.2, 0) is 4.79 Å². The molecule has 2 heterocycles. The van der Waals surface area contributed by atoms with Gasteiger partial charge in [-0.2, -0.15) is 13.2 Å². The van der Waals surface area contributed by atoms with Gasteiger partial charge in [-0.25, -0.2) is 0 Å². The molecule has 0 aliphatic carbocycles. The number of carbonyl (C=O) groups excluding carboxylic acids is 1. The number of nitrogens with zero attached hydrogens (tertiary/aromatic N) is 3. The number of likely N-dealkylation sites (N-methyl/N-ethyl adjacent to an activating group) is 1. The van der Waals surface area contributed by atoms with E-state index >= 15 is 0 Å². The average Bonchev–Trinajstić information content (AvgIpc) is 2.36. The number of carbonyl (C=O) groups is 1. The number of hydrogen-bond acceptors (Lipinski definition) is 4. The van der Waals surface area contributed by atoms with Gasteiger partial charge in [-0.3, -0.25) is 14.6 Å². The van der Waals surface area contributed by atoms with Crippen molar-refractivity contribution >= 4 is 5.91 Å². The predicted molar refractivity (Wildman–Crippen MR) is 68.4 cm³/mol. The Morgan fingerprint density at radius 3 is 2.45 bits per heavy atom. The Balaban J connectivity index is 1.86. The van der Waals surface area contributed by atoms with E-state index < -0.39 is 12.2 Å². The Morgan fingerprint density at radius 2 is 1.85 bits per heavy atom. The summed E-state index contributed by atoms with van der Waals surface area (Å²) in [7, 11) is 2.03. The van der Waals surface area contributed by atoms with Gasteiger partial charge in [0, 0.05) is 45.8 Å². The first-order valence-electron chi connectivity index (χ1n) is 6.84. The number of piperazine rings is 2. The molecule has 0 saturated carbocycles. The van der Waals surface area contributed by atoms with Crippen molar-refractivity contribution in [3.05, 3.63) is 0 Å². The number of nitrogens with one attached hydrogen (secondary N) is 1. The zero-order valence-electron chi connectivity index (χ0n) is 11.6. The summed E-state index contributed by atoms with van der Waals surface area (Å²) in [5.41, 5.74) is 0. The highest BCUT2D eigenvalue weighted by atomic mass is 19.4. The fraction of sp³-hybridized carbons (Fsp3) is 0.917. The van der Waals surface area contributed by atoms with Crippen molar-refractivity contribution in [3.8, 4) is 0 Å². The molecule has 2 saturated heterocycles. The standard InChI is InChI=1S/C12H21F3N4O/c1-17-2-4-18(5-3-17)6-7-19-9-11(20)16-8-10(19)12(13,14)15/h10H,2-9H2,1H3,(H,16,20). The molecule has 2 fully saturated rings. The summed E-state index contributed by atoms with van der Waals surface area (Å²) < 4.78 is 38.8. The van der Waals surface area contributed by atoms with Crippen LogP contribution in [0.15, 0.2) is 0 Å². The molecule has 1 unspecified atom stereocenters. The summed E-state index contributed by atoms with van der Waals surface area (Å²) >= 11 is 0. The first kappa shape index (κ1) is 15.5. The van der Waals surface area contributed by atoms with E-state index in [4.69, 9.17) is 0 Å². The van der Waals surface area contributed by atoms with Crippen LogP contribution in [0.4, 0.5) is 13.2 Å². The molecule has 0 spiro atoms. The van der Waals surface area contributed by atoms with Gasteiger partial charge in [0.1, 0.15) is 6.04 Å². The lowest BCUT2D eigenvalue weighted by molar-refractivity contribution is -0.189. The molecule has 20 heavy (non-hydrogen) atoms. The summed E-state index contributed by atoms with van der Waals surface area (Å²) in [5, 5.41) is 2.29. The van der Waals surface area contributed by atoms with E-state index in [0.29, 0.717) is 6.54 Å². The second-order valence-corrected chi connectivity index (χ2v) is 5.48. The molecule has 0 aromatic rings. The van der Waals surface area contributed by atoms with Crippen LogP contribution in [0.2, 0.25) is 0 Å². The molecule has 2 rings (SSSR count). The van der Waals surface area contributed by atoms with Gasteiger partial charge in [0.05, 0.1) is 6.54 Å². The maximum Gasteiger partial charge on any atom is 0.405 e. The van der Waals surface area contributed by atoms with Crippen molar-refractivity contribution < 1.29 is 18.0 Å². The van der Waals surface area contributed by atoms with E-state index in [9.17, 15) is 18.0 Å². The molecule has 2 aliphatic rings. The van der Waals surface area contributed by atoms with Crippen molar-refractivity contribution in [1.29, 1.82) is 0 Å². The van der Waals surface area contributed by atoms with Crippen LogP contribution in [0.1, 0.15) is 0 Å². The number of hydrogen-bond donors (Lipinski definition) is 1. The Labute approximate surface area is 116 Å². The van der Waals surface area contributed by atoms with Crippen LogP contribution < -0.4 is 5.32 Å². The van der Waals surface area contributed by atoms with E-state index in [1.165, 1.54) is 4.90 Å². The summed E-state index contributed by atoms with van der Waals surface area (Å²) in [6.07, 6.45) is -4.30. The summed E-state index contributed by atoms with van der Waals surface area (Å²) in [6, 6.07) is -1.56. The minimum absolute atomic E-state index is 0.169. The molecular formula is C12H21F3N4O. The van der Waals surface area contributed by atoms with Crippen LogP contribution >= 0.6 is 0 Å². The molecule has 0 aromatic heterocycles. The second-order valence-electron chi connectivity index (χ2n) is 5.48. The van der Waals surface area contributed by atoms with Gasteiger partial charge in [-0.05, 0) is 7.05 Å². The smallest absolute Gasteiger partial charge is 0.353 e. The Hall–Kier alpha value is -0.860. The topological polar surface area (TPSA) is 38.8 Å². The fourth-order valence-corrected chi connectivity index (χ4v) is 2.59. The lowest BCUT2D eigenvalue weighted by atomic mass is 10.1. The normalized spacial score (nSPS) is 27.6. The van der Waals surface area contributed by atoms with Crippen LogP contribution in [0.5, 0.6) is 0 Å². The van der Waals surface area contributed by atoms with Crippen molar-refractivity contribution in [3.63, 3.8) is 0 Å². The first-order chi connectivity index (χ1) is 9.36. The molecular weight excluding hydrogens is 273 g/mol. The van der Waals surface area contributed by atoms with E-state index in [1.807, 2.05) is 7.05 Å². The highest BCUT2D eigenvalue weighted by Gasteiger charge is 2.46. The van der Waals surface area contributed by atoms with Crippen molar-refractivity contribution in [2.24, 2.45) is 0 Å². The van der Waals surface area contributed by atoms with Crippen LogP contribution in [0.3, 0.4) is 0 Å². The summed E-state index contributed by atoms with van der Waals surface area (Å²) in [4.78, 5) is 16.9. The largest absolute Gasteiger partial charge is 0.405 e. The van der Waals surface area contributed by atoms with Gasteiger partial charge in [0.2, 0.25) is 5.91 Å². The molecule has 2 aliphatic heterocycles. The minimum atomic E-state index is -4.30. The Kier molecular flexibility index (Phi) is 4.87. The maximum absolute atomic E-state index is 12.9. The maximum atomic E-state index is 12.9. The Bertz CT molecular complexity index is 342. The zero-order chi connectivity index (χ0) is 14.8. The molecule has 1 amide bonds. The van der Waals surface area contributed by atoms with Crippen molar-refractivity contribution in [2.75, 3.05) is 59.4 Å². The number of halogens is 3. The van der Waals surface area contributed by atoms with Gasteiger partial charge in [0.25, 0.3) is 0 Å². The Morgan fingerprint density at radius 1 is 1.20 bits per heavy atom. The van der Waals surface area contributed by atoms with Gasteiger partial charge in [-0.15, -0.1) is 0 Å². The highest BCUT2D eigenvalue weighted by Crippen LogP contribution is 2.25. The third-order valence-electron chi connectivity index (χ3n) is 3.96. The summed E-state index contributed by atoms with van der Waals surface area (Å²) in [6.45, 7) is 3.95. The van der Waals surface area contributed by atoms with Gasteiger partial charge >= 0.3 is 6.18 Å². The third-order valence-corrected chi connectivity index (χ3v) is 3.96. The zero-order valence-corrected chi connectivity index (χ0v) is 11.6. The quantitative estimate of drug-likeness (QED) is 0.768. The van der Waals surface area contributed by atoms with Crippen molar-refractivity contribution in [2.45, 2.75) is 12.2 Å². The van der Waals surface area contributed by atoms with Gasteiger partial charge in [-0.1, -0.05) is 0 Å². The predicted octanol–water partition coefficient (Wildman–Crippen LogP) is -0.403. The number of amides is 1. The van der Waals surface area contributed by atoms with E-state index in [1.54, 1.807) is 0 Å². The van der Waals surface area contributed by atoms with Crippen LogP contribution in [-0.4, -0.2) is 92.2 Å². The average molecular weight is 294 g/mol. The number of rotatable bonds is 3. The molecule has 0 radical (unpaired) electrons. The first-order valence-corrected chi connectivity index (χ1v) is 6.84. The van der Waals surface area contributed by atoms with Gasteiger partial charge < -0.3 is 10.2 Å². The number of alkyl halides is 3. The third kappa shape index (κ3) is 4.07. The molecule has 0 bridgehead atoms. The van der Waals surface area contributed by atoms with E-state index in [-0.39, 0.29) is 25.5 Å². The minimum Gasteiger partial charge on any atom is -0.353 e. The SMILES string of the molecule is CN1CCN(CCN2CC(=O)NCC2C(F)(F)F)CC1. The molecule has 8 heteroatoms. The van der Waals surface area contributed by atoms with Gasteiger partial charge in [0.15, 0.2) is 0 Å². The van der Waals surface area contributed by atoms with Crippen LogP contribution in [0, 0.1) is 0 Å². The molecule has 1 N–H and O–H groups in total. The highest BCUT2D eigenvalue weighted by molar-refractivity contribution is 5.78. The molecule has 116 valence electrons. The van der Waals surface area contributed by atoms with E-state index in [2.05, 4.69) is 15.1 Å². The second kappa shape index (κ2) is 6.28. The molecule has 5 nitrogen and oxygen atoms in total. The van der Waals surface area contributed by atoms with E-state index in [0.717, 1.165) is 26.2 Å². The lowest BCUT2D eigenvalue weighted by Crippen LogP contribution is -2.61. The monoisotopic (exact) mass is 294 g/mol. The van der Waals surface area contributed by atoms with Crippen LogP contribution in [0.25, 0.3) is 0 Å². The summed E-state index contributed by atoms with van der Waals surface area (Å²) in [5.74, 6) is -0.330. The van der Waals surface area contributed by atoms with Crippen molar-refractivity contribution in [1.82, 2.24) is 20.0 Å². The fourth-order valence-electron chi connectivity index (χ4n) is 2.59.